The minimum Gasteiger partial charge on any atom is -0.497 e. The van der Waals surface area contributed by atoms with Gasteiger partial charge in [-0.05, 0) is 29.8 Å². The Morgan fingerprint density at radius 1 is 1.32 bits per heavy atom. The van der Waals surface area contributed by atoms with Gasteiger partial charge in [0.25, 0.3) is 0 Å². The zero-order chi connectivity index (χ0) is 14.0. The molecule has 0 saturated heterocycles. The molecule has 5 heteroatoms. The average molecular weight is 281 g/mol. The first-order chi connectivity index (χ1) is 9.02. The molecular formula is C14H10ClFO3. The van der Waals surface area contributed by atoms with E-state index in [9.17, 15) is 9.18 Å². The third-order valence-electron chi connectivity index (χ3n) is 2.67. The summed E-state index contributed by atoms with van der Waals surface area (Å²) < 4.78 is 18.8. The van der Waals surface area contributed by atoms with E-state index in [1.807, 2.05) is 0 Å². The maximum absolute atomic E-state index is 13.7. The van der Waals surface area contributed by atoms with Crippen LogP contribution in [-0.2, 0) is 0 Å². The predicted molar refractivity (Wildman–Crippen MR) is 70.4 cm³/mol. The molecule has 98 valence electrons. The number of carbonyl (C=O) groups is 1. The lowest BCUT2D eigenvalue weighted by Crippen LogP contribution is -2.01. The van der Waals surface area contributed by atoms with Gasteiger partial charge in [-0.3, -0.25) is 0 Å². The monoisotopic (exact) mass is 280 g/mol. The lowest BCUT2D eigenvalue weighted by atomic mass is 10.0. The summed E-state index contributed by atoms with van der Waals surface area (Å²) in [6, 6.07) is 9.15. The van der Waals surface area contributed by atoms with Crippen LogP contribution < -0.4 is 4.74 Å². The van der Waals surface area contributed by atoms with Crippen molar-refractivity contribution in [1.29, 1.82) is 0 Å². The molecule has 0 aliphatic carbocycles. The Labute approximate surface area is 114 Å². The maximum Gasteiger partial charge on any atom is 0.338 e. The number of hydrogen-bond donors (Lipinski definition) is 1. The molecule has 0 aromatic heterocycles. The predicted octanol–water partition coefficient (Wildman–Crippen LogP) is 3.85. The zero-order valence-electron chi connectivity index (χ0n) is 9.98. The van der Waals surface area contributed by atoms with Crippen molar-refractivity contribution in [2.24, 2.45) is 0 Å². The van der Waals surface area contributed by atoms with Gasteiger partial charge in [0, 0.05) is 10.6 Å². The molecule has 3 nitrogen and oxygen atoms in total. The highest BCUT2D eigenvalue weighted by Gasteiger charge is 2.15. The first-order valence-electron chi connectivity index (χ1n) is 5.39. The maximum atomic E-state index is 13.7. The Morgan fingerprint density at radius 2 is 2.05 bits per heavy atom. The minimum atomic E-state index is -1.35. The highest BCUT2D eigenvalue weighted by molar-refractivity contribution is 6.33. The molecule has 1 N–H and O–H groups in total. The van der Waals surface area contributed by atoms with Crippen LogP contribution >= 0.6 is 11.6 Å². The Morgan fingerprint density at radius 3 is 2.68 bits per heavy atom. The largest absolute Gasteiger partial charge is 0.497 e. The highest BCUT2D eigenvalue weighted by atomic mass is 35.5. The van der Waals surface area contributed by atoms with Gasteiger partial charge in [-0.2, -0.15) is 0 Å². The normalized spacial score (nSPS) is 10.3. The van der Waals surface area contributed by atoms with Crippen molar-refractivity contribution in [2.75, 3.05) is 7.11 Å². The van der Waals surface area contributed by atoms with Crippen LogP contribution in [0.1, 0.15) is 10.4 Å². The molecule has 0 bridgehead atoms. The number of benzene rings is 2. The molecular weight excluding hydrogens is 271 g/mol. The van der Waals surface area contributed by atoms with E-state index in [0.717, 1.165) is 12.1 Å². The molecule has 2 aromatic rings. The summed E-state index contributed by atoms with van der Waals surface area (Å²) in [4.78, 5) is 10.8. The van der Waals surface area contributed by atoms with Crippen molar-refractivity contribution >= 4 is 17.6 Å². The van der Waals surface area contributed by atoms with Gasteiger partial charge < -0.3 is 9.84 Å². The van der Waals surface area contributed by atoms with Gasteiger partial charge in [0.15, 0.2) is 0 Å². The van der Waals surface area contributed by atoms with E-state index in [-0.39, 0.29) is 5.02 Å². The number of carboxylic acid groups (broad SMARTS) is 1. The summed E-state index contributed by atoms with van der Waals surface area (Å²) in [5, 5.41) is 8.99. The van der Waals surface area contributed by atoms with E-state index in [1.54, 1.807) is 24.3 Å². The number of methoxy groups -OCH3 is 1. The fraction of sp³-hybridized carbons (Fsp3) is 0.0714. The van der Waals surface area contributed by atoms with Gasteiger partial charge in [-0.25, -0.2) is 9.18 Å². The fourth-order valence-corrected chi connectivity index (χ4v) is 2.00. The SMILES string of the molecule is COc1cccc(-c2cc(F)c(C(=O)O)cc2Cl)c1. The molecule has 2 aromatic carbocycles. The third-order valence-corrected chi connectivity index (χ3v) is 2.98. The van der Waals surface area contributed by atoms with Crippen LogP contribution in [-0.4, -0.2) is 18.2 Å². The number of hydrogen-bond acceptors (Lipinski definition) is 2. The standard InChI is InChI=1S/C14H10ClFO3/c1-19-9-4-2-3-8(5-9)10-7-13(16)11(14(17)18)6-12(10)15/h2-7H,1H3,(H,17,18). The van der Waals surface area contributed by atoms with Gasteiger partial charge in [-0.1, -0.05) is 23.7 Å². The first kappa shape index (κ1) is 13.4. The fourth-order valence-electron chi connectivity index (χ4n) is 1.72. The van der Waals surface area contributed by atoms with E-state index in [1.165, 1.54) is 7.11 Å². The number of ether oxygens (including phenoxy) is 1. The Bertz CT molecular complexity index is 641. The summed E-state index contributed by atoms with van der Waals surface area (Å²) in [5.41, 5.74) is 0.625. The zero-order valence-corrected chi connectivity index (χ0v) is 10.7. The van der Waals surface area contributed by atoms with E-state index >= 15 is 0 Å². The topological polar surface area (TPSA) is 46.5 Å². The molecule has 0 unspecified atom stereocenters. The number of aromatic carboxylic acids is 1. The van der Waals surface area contributed by atoms with Crippen molar-refractivity contribution in [3.63, 3.8) is 0 Å². The second-order valence-electron chi connectivity index (χ2n) is 3.85. The Kier molecular flexibility index (Phi) is 3.71. The number of halogens is 2. The molecule has 0 atom stereocenters. The summed E-state index contributed by atoms with van der Waals surface area (Å²) in [6.45, 7) is 0. The Balaban J connectivity index is 2.56. The first-order valence-corrected chi connectivity index (χ1v) is 5.77. The molecule has 0 heterocycles. The van der Waals surface area contributed by atoms with Crippen LogP contribution in [0.4, 0.5) is 4.39 Å². The second kappa shape index (κ2) is 5.28. The lowest BCUT2D eigenvalue weighted by molar-refractivity contribution is 0.0692. The quantitative estimate of drug-likeness (QED) is 0.929. The molecule has 0 saturated carbocycles. The molecule has 2 rings (SSSR count). The molecule has 0 fully saturated rings. The van der Waals surface area contributed by atoms with Gasteiger partial charge >= 0.3 is 5.97 Å². The number of rotatable bonds is 3. The highest BCUT2D eigenvalue weighted by Crippen LogP contribution is 2.32. The van der Waals surface area contributed by atoms with E-state index in [2.05, 4.69) is 0 Å². The van der Waals surface area contributed by atoms with Crippen molar-refractivity contribution in [2.45, 2.75) is 0 Å². The van der Waals surface area contributed by atoms with E-state index < -0.39 is 17.3 Å². The van der Waals surface area contributed by atoms with Gasteiger partial charge in [0.1, 0.15) is 11.6 Å². The average Bonchev–Trinajstić information content (AvgIpc) is 2.40. The van der Waals surface area contributed by atoms with Gasteiger partial charge in [0.05, 0.1) is 12.7 Å². The molecule has 0 aliphatic heterocycles. The summed E-state index contributed by atoms with van der Waals surface area (Å²) in [5.74, 6) is -1.57. The van der Waals surface area contributed by atoms with Crippen LogP contribution in [0.3, 0.4) is 0 Å². The van der Waals surface area contributed by atoms with Crippen molar-refractivity contribution in [3.05, 3.63) is 52.8 Å². The molecule has 0 radical (unpaired) electrons. The molecule has 0 amide bonds. The summed E-state index contributed by atoms with van der Waals surface area (Å²) in [7, 11) is 1.52. The summed E-state index contributed by atoms with van der Waals surface area (Å²) in [6.07, 6.45) is 0. The molecule has 19 heavy (non-hydrogen) atoms. The lowest BCUT2D eigenvalue weighted by Gasteiger charge is -2.08. The molecule has 0 spiro atoms. The molecule has 0 aliphatic rings. The third kappa shape index (κ3) is 2.69. The van der Waals surface area contributed by atoms with E-state index in [0.29, 0.717) is 16.9 Å². The van der Waals surface area contributed by atoms with Crippen molar-refractivity contribution in [3.8, 4) is 16.9 Å². The van der Waals surface area contributed by atoms with Crippen LogP contribution in [0, 0.1) is 5.82 Å². The van der Waals surface area contributed by atoms with Gasteiger partial charge in [0.2, 0.25) is 0 Å². The number of carboxylic acids is 1. The Hall–Kier alpha value is -2.07. The van der Waals surface area contributed by atoms with Crippen LogP contribution in [0.2, 0.25) is 5.02 Å². The van der Waals surface area contributed by atoms with Crippen LogP contribution in [0.25, 0.3) is 11.1 Å². The second-order valence-corrected chi connectivity index (χ2v) is 4.26. The van der Waals surface area contributed by atoms with Crippen LogP contribution in [0.5, 0.6) is 5.75 Å². The van der Waals surface area contributed by atoms with E-state index in [4.69, 9.17) is 21.4 Å². The summed E-state index contributed by atoms with van der Waals surface area (Å²) >= 11 is 6.00. The van der Waals surface area contributed by atoms with Crippen molar-refractivity contribution < 1.29 is 19.0 Å². The van der Waals surface area contributed by atoms with Crippen molar-refractivity contribution in [1.82, 2.24) is 0 Å². The smallest absolute Gasteiger partial charge is 0.338 e. The minimum absolute atomic E-state index is 0.173. The van der Waals surface area contributed by atoms with Crippen LogP contribution in [0.15, 0.2) is 36.4 Å². The van der Waals surface area contributed by atoms with Gasteiger partial charge in [-0.15, -0.1) is 0 Å².